The van der Waals surface area contributed by atoms with Crippen molar-refractivity contribution in [3.8, 4) is 0 Å². The normalized spacial score (nSPS) is 21.6. The first-order chi connectivity index (χ1) is 8.85. The Morgan fingerprint density at radius 1 is 1.37 bits per heavy atom. The fourth-order valence-corrected chi connectivity index (χ4v) is 2.31. The number of halogens is 2. The summed E-state index contributed by atoms with van der Waals surface area (Å²) in [6.45, 7) is 5.82. The number of hydrogen-bond acceptors (Lipinski definition) is 3. The maximum absolute atomic E-state index is 13.2. The fourth-order valence-electron chi connectivity index (χ4n) is 2.31. The molecule has 1 aromatic carbocycles. The average molecular weight is 271 g/mol. The Labute approximate surface area is 111 Å². The van der Waals surface area contributed by atoms with Gasteiger partial charge in [0.2, 0.25) is 0 Å². The van der Waals surface area contributed by atoms with Gasteiger partial charge in [-0.2, -0.15) is 0 Å². The highest BCUT2D eigenvalue weighted by Gasteiger charge is 2.26. The van der Waals surface area contributed by atoms with Crippen LogP contribution in [0.25, 0.3) is 0 Å². The minimum Gasteiger partial charge on any atom is -0.389 e. The van der Waals surface area contributed by atoms with Gasteiger partial charge in [0.15, 0.2) is 11.6 Å². The van der Waals surface area contributed by atoms with Crippen molar-refractivity contribution in [1.29, 1.82) is 0 Å². The number of rotatable bonds is 3. The average Bonchev–Trinajstić information content (AvgIpc) is 2.31. The van der Waals surface area contributed by atoms with Gasteiger partial charge in [-0.1, -0.05) is 6.07 Å². The van der Waals surface area contributed by atoms with E-state index >= 15 is 0 Å². The smallest absolute Gasteiger partial charge is 0.159 e. The van der Waals surface area contributed by atoms with Crippen molar-refractivity contribution in [2.24, 2.45) is 0 Å². The molecular formula is C14H19F2NO2. The van der Waals surface area contributed by atoms with Crippen LogP contribution in [0.3, 0.4) is 0 Å². The lowest BCUT2D eigenvalue weighted by atomic mass is 10.1. The highest BCUT2D eigenvalue weighted by Crippen LogP contribution is 2.24. The number of β-amino-alcohol motifs (C(OH)–C–C–N with tert-alkyl or cyclic N) is 1. The topological polar surface area (TPSA) is 32.7 Å². The predicted molar refractivity (Wildman–Crippen MR) is 67.8 cm³/mol. The number of morpholine rings is 1. The van der Waals surface area contributed by atoms with E-state index < -0.39 is 17.2 Å². The summed E-state index contributed by atoms with van der Waals surface area (Å²) >= 11 is 0. The van der Waals surface area contributed by atoms with E-state index in [0.717, 1.165) is 12.6 Å². The Morgan fingerprint density at radius 3 is 2.74 bits per heavy atom. The molecule has 0 spiro atoms. The second-order valence-electron chi connectivity index (χ2n) is 5.58. The van der Waals surface area contributed by atoms with E-state index in [1.807, 2.05) is 0 Å². The summed E-state index contributed by atoms with van der Waals surface area (Å²) in [5.74, 6) is -1.71. The molecule has 1 saturated heterocycles. The van der Waals surface area contributed by atoms with E-state index in [0.29, 0.717) is 25.3 Å². The number of hydrogen-bond donors (Lipinski definition) is 1. The first-order valence-electron chi connectivity index (χ1n) is 6.36. The SMILES string of the molecule is CC(C)(O)CN1CCOC(c2ccc(F)c(F)c2)C1. The Balaban J connectivity index is 2.06. The zero-order valence-corrected chi connectivity index (χ0v) is 11.2. The van der Waals surface area contributed by atoms with E-state index in [1.165, 1.54) is 12.1 Å². The van der Waals surface area contributed by atoms with Gasteiger partial charge >= 0.3 is 0 Å². The summed E-state index contributed by atoms with van der Waals surface area (Å²) in [6.07, 6.45) is -0.286. The van der Waals surface area contributed by atoms with Crippen LogP contribution in [0, 0.1) is 11.6 Å². The van der Waals surface area contributed by atoms with Crippen LogP contribution < -0.4 is 0 Å². The first-order valence-corrected chi connectivity index (χ1v) is 6.36. The summed E-state index contributed by atoms with van der Waals surface area (Å²) in [6, 6.07) is 3.83. The van der Waals surface area contributed by atoms with Gasteiger partial charge in [0.25, 0.3) is 0 Å². The zero-order chi connectivity index (χ0) is 14.0. The minimum atomic E-state index is -0.860. The highest BCUT2D eigenvalue weighted by molar-refractivity contribution is 5.21. The maximum atomic E-state index is 13.2. The molecule has 1 N–H and O–H groups in total. The monoisotopic (exact) mass is 271 g/mol. The van der Waals surface area contributed by atoms with Crippen LogP contribution in [0.15, 0.2) is 18.2 Å². The van der Waals surface area contributed by atoms with Crippen LogP contribution in [-0.4, -0.2) is 41.8 Å². The van der Waals surface area contributed by atoms with Crippen molar-refractivity contribution in [2.75, 3.05) is 26.2 Å². The van der Waals surface area contributed by atoms with Crippen LogP contribution >= 0.6 is 0 Å². The second-order valence-corrected chi connectivity index (χ2v) is 5.58. The van der Waals surface area contributed by atoms with Crippen molar-refractivity contribution in [3.63, 3.8) is 0 Å². The lowest BCUT2D eigenvalue weighted by Gasteiger charge is -2.36. The number of benzene rings is 1. The third kappa shape index (κ3) is 3.96. The first kappa shape index (κ1) is 14.4. The lowest BCUT2D eigenvalue weighted by Crippen LogP contribution is -2.45. The molecule has 19 heavy (non-hydrogen) atoms. The largest absolute Gasteiger partial charge is 0.389 e. The van der Waals surface area contributed by atoms with E-state index in [1.54, 1.807) is 13.8 Å². The number of aliphatic hydroxyl groups is 1. The molecule has 1 aliphatic heterocycles. The molecule has 1 atom stereocenters. The van der Waals surface area contributed by atoms with E-state index in [-0.39, 0.29) is 6.10 Å². The third-order valence-corrected chi connectivity index (χ3v) is 3.08. The van der Waals surface area contributed by atoms with Gasteiger partial charge in [-0.25, -0.2) is 8.78 Å². The second kappa shape index (κ2) is 5.53. The molecule has 1 aliphatic rings. The Bertz CT molecular complexity index is 446. The predicted octanol–water partition coefficient (Wildman–Crippen LogP) is 2.11. The quantitative estimate of drug-likeness (QED) is 0.914. The summed E-state index contributed by atoms with van der Waals surface area (Å²) in [4.78, 5) is 2.06. The fraction of sp³-hybridized carbons (Fsp3) is 0.571. The van der Waals surface area contributed by atoms with Crippen molar-refractivity contribution < 1.29 is 18.6 Å². The summed E-state index contributed by atoms with van der Waals surface area (Å²) < 4.78 is 31.7. The standard InChI is InChI=1S/C14H19F2NO2/c1-14(2,18)9-17-5-6-19-13(8-17)10-3-4-11(15)12(16)7-10/h3-4,7,13,18H,5-6,8-9H2,1-2H3. The Kier molecular flexibility index (Phi) is 4.18. The summed E-state index contributed by atoms with van der Waals surface area (Å²) in [5.41, 5.74) is -0.157. The molecule has 5 heteroatoms. The van der Waals surface area contributed by atoms with Gasteiger partial charge < -0.3 is 9.84 Å². The molecule has 106 valence electrons. The van der Waals surface area contributed by atoms with Crippen LogP contribution in [-0.2, 0) is 4.74 Å². The highest BCUT2D eigenvalue weighted by atomic mass is 19.2. The Morgan fingerprint density at radius 2 is 2.11 bits per heavy atom. The van der Waals surface area contributed by atoms with Crippen LogP contribution in [0.2, 0.25) is 0 Å². The molecule has 1 unspecified atom stereocenters. The van der Waals surface area contributed by atoms with E-state index in [2.05, 4.69) is 4.90 Å². The molecule has 0 aliphatic carbocycles. The van der Waals surface area contributed by atoms with Gasteiger partial charge in [0.05, 0.1) is 18.3 Å². The van der Waals surface area contributed by atoms with Crippen molar-refractivity contribution in [1.82, 2.24) is 4.90 Å². The van der Waals surface area contributed by atoms with Gasteiger partial charge in [-0.15, -0.1) is 0 Å². The van der Waals surface area contributed by atoms with Crippen molar-refractivity contribution in [3.05, 3.63) is 35.4 Å². The number of ether oxygens (including phenoxy) is 1. The molecule has 0 bridgehead atoms. The van der Waals surface area contributed by atoms with E-state index in [9.17, 15) is 13.9 Å². The maximum Gasteiger partial charge on any atom is 0.159 e. The minimum absolute atomic E-state index is 0.286. The molecule has 1 fully saturated rings. The lowest BCUT2D eigenvalue weighted by molar-refractivity contribution is -0.0564. The van der Waals surface area contributed by atoms with Crippen LogP contribution in [0.4, 0.5) is 8.78 Å². The van der Waals surface area contributed by atoms with Crippen molar-refractivity contribution in [2.45, 2.75) is 25.6 Å². The van der Waals surface area contributed by atoms with E-state index in [4.69, 9.17) is 4.74 Å². The molecule has 0 amide bonds. The zero-order valence-electron chi connectivity index (χ0n) is 11.2. The summed E-state index contributed by atoms with van der Waals surface area (Å²) in [7, 11) is 0. The van der Waals surface area contributed by atoms with Gasteiger partial charge in [-0.05, 0) is 31.5 Å². The van der Waals surface area contributed by atoms with Gasteiger partial charge in [-0.3, -0.25) is 4.90 Å². The molecule has 2 rings (SSSR count). The molecule has 0 radical (unpaired) electrons. The van der Waals surface area contributed by atoms with Gasteiger partial charge in [0.1, 0.15) is 0 Å². The molecular weight excluding hydrogens is 252 g/mol. The summed E-state index contributed by atoms with van der Waals surface area (Å²) in [5, 5.41) is 9.82. The molecule has 0 aromatic heterocycles. The third-order valence-electron chi connectivity index (χ3n) is 3.08. The number of nitrogens with zero attached hydrogens (tertiary/aromatic N) is 1. The van der Waals surface area contributed by atoms with Gasteiger partial charge in [0, 0.05) is 19.6 Å². The Hall–Kier alpha value is -1.04. The molecule has 1 heterocycles. The van der Waals surface area contributed by atoms with Crippen LogP contribution in [0.1, 0.15) is 25.5 Å². The molecule has 1 aromatic rings. The molecule has 3 nitrogen and oxygen atoms in total. The molecule has 0 saturated carbocycles. The van der Waals surface area contributed by atoms with Crippen LogP contribution in [0.5, 0.6) is 0 Å². The van der Waals surface area contributed by atoms with Crippen molar-refractivity contribution >= 4 is 0 Å².